The molecule has 0 saturated heterocycles. The molecule has 0 aliphatic heterocycles. The van der Waals surface area contributed by atoms with Crippen molar-refractivity contribution < 1.29 is 0 Å². The van der Waals surface area contributed by atoms with Crippen LogP contribution < -0.4 is 5.73 Å². The monoisotopic (exact) mass is 278 g/mol. The Morgan fingerprint density at radius 1 is 1.32 bits per heavy atom. The lowest BCUT2D eigenvalue weighted by Gasteiger charge is -2.17. The lowest BCUT2D eigenvalue weighted by atomic mass is 10.1. The number of para-hydroxylation sites is 1. The third-order valence-electron chi connectivity index (χ3n) is 3.19. The Bertz CT molecular complexity index is 577. The molecular formula is C14H19ClN4. The third kappa shape index (κ3) is 3.08. The van der Waals surface area contributed by atoms with Crippen LogP contribution in [-0.4, -0.2) is 21.7 Å². The Balaban J connectivity index is 2.10. The molecule has 0 amide bonds. The van der Waals surface area contributed by atoms with E-state index in [-0.39, 0.29) is 0 Å². The van der Waals surface area contributed by atoms with Gasteiger partial charge in [0.25, 0.3) is 0 Å². The predicted molar refractivity (Wildman–Crippen MR) is 79.0 cm³/mol. The van der Waals surface area contributed by atoms with Gasteiger partial charge in [0.05, 0.1) is 5.69 Å². The first kappa shape index (κ1) is 13.9. The molecule has 0 spiro atoms. The van der Waals surface area contributed by atoms with Crippen molar-refractivity contribution in [2.24, 2.45) is 7.05 Å². The van der Waals surface area contributed by atoms with Crippen molar-refractivity contribution in [3.63, 3.8) is 0 Å². The minimum absolute atomic E-state index is 0.699. The number of anilines is 1. The van der Waals surface area contributed by atoms with Gasteiger partial charge in [0.15, 0.2) is 0 Å². The van der Waals surface area contributed by atoms with Crippen LogP contribution >= 0.6 is 11.6 Å². The molecule has 1 aromatic carbocycles. The van der Waals surface area contributed by atoms with E-state index in [0.29, 0.717) is 5.15 Å². The van der Waals surface area contributed by atoms with Gasteiger partial charge in [-0.3, -0.25) is 9.58 Å². The van der Waals surface area contributed by atoms with E-state index < -0.39 is 0 Å². The van der Waals surface area contributed by atoms with E-state index in [1.807, 2.05) is 38.2 Å². The molecule has 4 nitrogen and oxygen atoms in total. The van der Waals surface area contributed by atoms with Gasteiger partial charge in [-0.2, -0.15) is 5.10 Å². The second-order valence-electron chi connectivity index (χ2n) is 4.85. The molecule has 1 aromatic heterocycles. The highest BCUT2D eigenvalue weighted by Gasteiger charge is 2.13. The predicted octanol–water partition coefficient (Wildman–Crippen LogP) is 2.60. The van der Waals surface area contributed by atoms with Crippen LogP contribution in [0.25, 0.3) is 0 Å². The largest absolute Gasteiger partial charge is 0.398 e. The lowest BCUT2D eigenvalue weighted by molar-refractivity contribution is 0.319. The van der Waals surface area contributed by atoms with E-state index >= 15 is 0 Å². The second-order valence-corrected chi connectivity index (χ2v) is 5.21. The zero-order valence-electron chi connectivity index (χ0n) is 11.5. The van der Waals surface area contributed by atoms with E-state index in [1.54, 1.807) is 4.68 Å². The van der Waals surface area contributed by atoms with Crippen LogP contribution in [0.4, 0.5) is 5.69 Å². The molecule has 0 unspecified atom stereocenters. The summed E-state index contributed by atoms with van der Waals surface area (Å²) in [5, 5.41) is 5.02. The summed E-state index contributed by atoms with van der Waals surface area (Å²) in [6.07, 6.45) is 0. The van der Waals surface area contributed by atoms with Crippen molar-refractivity contribution in [2.75, 3.05) is 12.8 Å². The summed E-state index contributed by atoms with van der Waals surface area (Å²) in [6.45, 7) is 3.52. The number of hydrogen-bond acceptors (Lipinski definition) is 3. The number of hydrogen-bond donors (Lipinski definition) is 1. The van der Waals surface area contributed by atoms with Gasteiger partial charge in [-0.05, 0) is 25.6 Å². The standard InChI is InChI=1S/C14H19ClN4/c1-10-12(14(15)19(3)17-10)9-18(2)8-11-6-4-5-7-13(11)16/h4-7H,8-9,16H2,1-3H3. The molecule has 19 heavy (non-hydrogen) atoms. The molecule has 5 heteroatoms. The quantitative estimate of drug-likeness (QED) is 0.875. The van der Waals surface area contributed by atoms with Gasteiger partial charge < -0.3 is 5.73 Å². The molecule has 0 bridgehead atoms. The summed E-state index contributed by atoms with van der Waals surface area (Å²) in [5.41, 5.74) is 9.95. The maximum atomic E-state index is 6.24. The van der Waals surface area contributed by atoms with Gasteiger partial charge in [-0.25, -0.2) is 0 Å². The first-order valence-corrected chi connectivity index (χ1v) is 6.56. The number of nitrogens with two attached hydrogens (primary N) is 1. The molecule has 2 rings (SSSR count). The maximum Gasteiger partial charge on any atom is 0.131 e. The Kier molecular flexibility index (Phi) is 4.12. The number of aryl methyl sites for hydroxylation is 2. The van der Waals surface area contributed by atoms with Crippen LogP contribution in [0.15, 0.2) is 24.3 Å². The first-order valence-electron chi connectivity index (χ1n) is 6.19. The summed E-state index contributed by atoms with van der Waals surface area (Å²) < 4.78 is 1.71. The summed E-state index contributed by atoms with van der Waals surface area (Å²) >= 11 is 6.24. The number of aromatic nitrogens is 2. The van der Waals surface area contributed by atoms with Crippen molar-refractivity contribution in [2.45, 2.75) is 20.0 Å². The van der Waals surface area contributed by atoms with Crippen molar-refractivity contribution in [1.29, 1.82) is 0 Å². The molecule has 0 fully saturated rings. The van der Waals surface area contributed by atoms with E-state index in [9.17, 15) is 0 Å². The van der Waals surface area contributed by atoms with Gasteiger partial charge in [-0.15, -0.1) is 0 Å². The fraction of sp³-hybridized carbons (Fsp3) is 0.357. The Morgan fingerprint density at radius 3 is 2.58 bits per heavy atom. The lowest BCUT2D eigenvalue weighted by Crippen LogP contribution is -2.18. The smallest absolute Gasteiger partial charge is 0.131 e. The van der Waals surface area contributed by atoms with Crippen molar-refractivity contribution in [3.05, 3.63) is 46.2 Å². The van der Waals surface area contributed by atoms with Crippen LogP contribution in [-0.2, 0) is 20.1 Å². The Morgan fingerprint density at radius 2 is 2.00 bits per heavy atom. The fourth-order valence-corrected chi connectivity index (χ4v) is 2.38. The number of nitrogen functional groups attached to an aromatic ring is 1. The normalized spacial score (nSPS) is 11.2. The molecule has 2 aromatic rings. The zero-order valence-corrected chi connectivity index (χ0v) is 12.3. The summed E-state index contributed by atoms with van der Waals surface area (Å²) in [5.74, 6) is 0. The molecule has 0 aliphatic carbocycles. The average Bonchev–Trinajstić information content (AvgIpc) is 2.59. The minimum atomic E-state index is 0.699. The van der Waals surface area contributed by atoms with Gasteiger partial charge in [-0.1, -0.05) is 29.8 Å². The third-order valence-corrected chi connectivity index (χ3v) is 3.67. The summed E-state index contributed by atoms with van der Waals surface area (Å²) in [7, 11) is 3.91. The van der Waals surface area contributed by atoms with Crippen molar-refractivity contribution >= 4 is 17.3 Å². The van der Waals surface area contributed by atoms with Crippen LogP contribution in [0.5, 0.6) is 0 Å². The summed E-state index contributed by atoms with van der Waals surface area (Å²) in [6, 6.07) is 7.91. The number of nitrogens with zero attached hydrogens (tertiary/aromatic N) is 3. The molecule has 2 N–H and O–H groups in total. The van der Waals surface area contributed by atoms with Crippen molar-refractivity contribution in [3.8, 4) is 0 Å². The topological polar surface area (TPSA) is 47.1 Å². The highest BCUT2D eigenvalue weighted by Crippen LogP contribution is 2.21. The molecular weight excluding hydrogens is 260 g/mol. The van der Waals surface area contributed by atoms with E-state index in [0.717, 1.165) is 35.6 Å². The molecule has 0 atom stereocenters. The molecule has 1 heterocycles. The summed E-state index contributed by atoms with van der Waals surface area (Å²) in [4.78, 5) is 2.18. The van der Waals surface area contributed by atoms with Gasteiger partial charge >= 0.3 is 0 Å². The van der Waals surface area contributed by atoms with Crippen LogP contribution in [0.2, 0.25) is 5.15 Å². The Labute approximate surface area is 118 Å². The molecule has 0 saturated carbocycles. The number of halogens is 1. The minimum Gasteiger partial charge on any atom is -0.398 e. The number of rotatable bonds is 4. The molecule has 102 valence electrons. The zero-order chi connectivity index (χ0) is 14.0. The van der Waals surface area contributed by atoms with Crippen molar-refractivity contribution in [1.82, 2.24) is 14.7 Å². The van der Waals surface area contributed by atoms with E-state index in [4.69, 9.17) is 17.3 Å². The van der Waals surface area contributed by atoms with Gasteiger partial charge in [0.2, 0.25) is 0 Å². The highest BCUT2D eigenvalue weighted by atomic mass is 35.5. The first-order chi connectivity index (χ1) is 8.99. The SMILES string of the molecule is Cc1nn(C)c(Cl)c1CN(C)Cc1ccccc1N. The molecule has 0 radical (unpaired) electrons. The van der Waals surface area contributed by atoms with E-state index in [2.05, 4.69) is 17.0 Å². The second kappa shape index (κ2) is 5.63. The molecule has 0 aliphatic rings. The average molecular weight is 279 g/mol. The maximum absolute atomic E-state index is 6.24. The van der Waals surface area contributed by atoms with Crippen LogP contribution in [0, 0.1) is 6.92 Å². The highest BCUT2D eigenvalue weighted by molar-refractivity contribution is 6.30. The Hall–Kier alpha value is -1.52. The van der Waals surface area contributed by atoms with Gasteiger partial charge in [0.1, 0.15) is 5.15 Å². The van der Waals surface area contributed by atoms with Crippen LogP contribution in [0.1, 0.15) is 16.8 Å². The van der Waals surface area contributed by atoms with Crippen LogP contribution in [0.3, 0.4) is 0 Å². The van der Waals surface area contributed by atoms with E-state index in [1.165, 1.54) is 0 Å². The fourth-order valence-electron chi connectivity index (χ4n) is 2.15. The van der Waals surface area contributed by atoms with Gasteiger partial charge in [0, 0.05) is 31.4 Å². The number of benzene rings is 1.